The van der Waals surface area contributed by atoms with Gasteiger partial charge in [0.2, 0.25) is 11.0 Å². The van der Waals surface area contributed by atoms with Crippen LogP contribution in [0.4, 0.5) is 10.8 Å². The number of anilines is 2. The molecule has 0 saturated heterocycles. The summed E-state index contributed by atoms with van der Waals surface area (Å²) in [5.74, 6) is 1.14. The van der Waals surface area contributed by atoms with Gasteiger partial charge < -0.3 is 15.4 Å². The summed E-state index contributed by atoms with van der Waals surface area (Å²) in [6.07, 6.45) is 0.775. The fourth-order valence-corrected chi connectivity index (χ4v) is 4.40. The van der Waals surface area contributed by atoms with E-state index in [9.17, 15) is 4.79 Å². The van der Waals surface area contributed by atoms with Crippen LogP contribution in [-0.2, 0) is 4.79 Å². The molecule has 0 spiro atoms. The predicted octanol–water partition coefficient (Wildman–Crippen LogP) is 4.01. The van der Waals surface area contributed by atoms with Crippen molar-refractivity contribution in [3.05, 3.63) is 60.2 Å². The monoisotopic (exact) mass is 398 g/mol. The van der Waals surface area contributed by atoms with Crippen molar-refractivity contribution in [2.45, 2.75) is 16.8 Å². The van der Waals surface area contributed by atoms with Crippen LogP contribution in [0.2, 0.25) is 0 Å². The molecule has 138 valence electrons. The van der Waals surface area contributed by atoms with Crippen LogP contribution >= 0.6 is 23.1 Å². The lowest BCUT2D eigenvalue weighted by atomic mass is 10.0. The zero-order valence-corrected chi connectivity index (χ0v) is 16.1. The first kappa shape index (κ1) is 17.8. The van der Waals surface area contributed by atoms with Crippen LogP contribution in [0.5, 0.6) is 5.75 Å². The molecule has 0 fully saturated rings. The van der Waals surface area contributed by atoms with E-state index in [2.05, 4.69) is 20.8 Å². The van der Waals surface area contributed by atoms with E-state index < -0.39 is 0 Å². The first-order chi connectivity index (χ1) is 13.3. The molecule has 8 heteroatoms. The van der Waals surface area contributed by atoms with Gasteiger partial charge in [-0.15, -0.1) is 10.2 Å². The van der Waals surface area contributed by atoms with E-state index in [1.54, 1.807) is 0 Å². The first-order valence-electron chi connectivity index (χ1n) is 8.57. The minimum absolute atomic E-state index is 0.00669. The fourth-order valence-electron chi connectivity index (χ4n) is 2.82. The number of benzene rings is 2. The van der Waals surface area contributed by atoms with Crippen molar-refractivity contribution in [3.63, 3.8) is 0 Å². The highest BCUT2D eigenvalue weighted by atomic mass is 32.2. The Balaban J connectivity index is 1.30. The lowest BCUT2D eigenvalue weighted by Crippen LogP contribution is -2.33. The molecule has 0 aliphatic carbocycles. The number of nitrogens with one attached hydrogen (secondary N) is 2. The highest BCUT2D eigenvalue weighted by Gasteiger charge is 2.22. The number of carbonyl (C=O) groups excluding carboxylic acids is 1. The SMILES string of the molecule is O=C(CSc1nnc(Nc2ccccc2)s1)NC1CCOc2ccccc21. The Morgan fingerprint density at radius 2 is 1.96 bits per heavy atom. The molecule has 27 heavy (non-hydrogen) atoms. The van der Waals surface area contributed by atoms with Gasteiger partial charge in [-0.1, -0.05) is 59.5 Å². The number of carbonyl (C=O) groups is 1. The van der Waals surface area contributed by atoms with E-state index in [0.29, 0.717) is 17.5 Å². The van der Waals surface area contributed by atoms with Crippen molar-refractivity contribution in [2.24, 2.45) is 0 Å². The summed E-state index contributed by atoms with van der Waals surface area (Å²) in [4.78, 5) is 12.4. The highest BCUT2D eigenvalue weighted by molar-refractivity contribution is 8.01. The molecule has 0 radical (unpaired) electrons. The summed E-state index contributed by atoms with van der Waals surface area (Å²) >= 11 is 2.83. The van der Waals surface area contributed by atoms with Gasteiger partial charge in [0.1, 0.15) is 5.75 Å². The number of aromatic nitrogens is 2. The lowest BCUT2D eigenvalue weighted by Gasteiger charge is -2.26. The number of thioether (sulfide) groups is 1. The number of nitrogens with zero attached hydrogens (tertiary/aromatic N) is 2. The van der Waals surface area contributed by atoms with Crippen LogP contribution in [0.3, 0.4) is 0 Å². The zero-order valence-electron chi connectivity index (χ0n) is 14.4. The highest BCUT2D eigenvalue weighted by Crippen LogP contribution is 2.32. The first-order valence-corrected chi connectivity index (χ1v) is 10.4. The number of fused-ring (bicyclic) bond motifs is 1. The maximum atomic E-state index is 12.4. The van der Waals surface area contributed by atoms with Crippen LogP contribution in [0, 0.1) is 0 Å². The van der Waals surface area contributed by atoms with Crippen LogP contribution in [-0.4, -0.2) is 28.5 Å². The van der Waals surface area contributed by atoms with Gasteiger partial charge in [-0.2, -0.15) is 0 Å². The Kier molecular flexibility index (Phi) is 5.55. The molecule has 0 saturated carbocycles. The van der Waals surface area contributed by atoms with Gasteiger partial charge in [-0.05, 0) is 18.2 Å². The van der Waals surface area contributed by atoms with Gasteiger partial charge in [-0.3, -0.25) is 4.79 Å². The minimum Gasteiger partial charge on any atom is -0.493 e. The number of amides is 1. The van der Waals surface area contributed by atoms with Gasteiger partial charge in [-0.25, -0.2) is 0 Å². The quantitative estimate of drug-likeness (QED) is 0.611. The Labute approximate surface area is 165 Å². The molecule has 0 bridgehead atoms. The third kappa shape index (κ3) is 4.58. The number of hydrogen-bond acceptors (Lipinski definition) is 7. The van der Waals surface area contributed by atoms with E-state index in [-0.39, 0.29) is 11.9 Å². The Morgan fingerprint density at radius 3 is 2.85 bits per heavy atom. The normalized spacial score (nSPS) is 15.5. The largest absolute Gasteiger partial charge is 0.493 e. The van der Waals surface area contributed by atoms with Gasteiger partial charge >= 0.3 is 0 Å². The molecule has 4 rings (SSSR count). The average Bonchev–Trinajstić information content (AvgIpc) is 3.15. The smallest absolute Gasteiger partial charge is 0.230 e. The standard InChI is InChI=1S/C19H18N4O2S2/c24-17(21-15-10-11-25-16-9-5-4-8-14(15)16)12-26-19-23-22-18(27-19)20-13-6-2-1-3-7-13/h1-9,15H,10-12H2,(H,20,22)(H,21,24). The van der Waals surface area contributed by atoms with Crippen LogP contribution in [0.1, 0.15) is 18.0 Å². The maximum Gasteiger partial charge on any atom is 0.230 e. The number of ether oxygens (including phenoxy) is 1. The van der Waals surface area contributed by atoms with Crippen molar-refractivity contribution >= 4 is 39.8 Å². The van der Waals surface area contributed by atoms with E-state index in [4.69, 9.17) is 4.74 Å². The van der Waals surface area contributed by atoms with Crippen molar-refractivity contribution in [2.75, 3.05) is 17.7 Å². The summed E-state index contributed by atoms with van der Waals surface area (Å²) in [6, 6.07) is 17.6. The second kappa shape index (κ2) is 8.41. The molecular formula is C19H18N4O2S2. The van der Waals surface area contributed by atoms with E-state index in [0.717, 1.165) is 27.8 Å². The summed E-state index contributed by atoms with van der Waals surface area (Å²) in [5, 5.41) is 15.3. The lowest BCUT2D eigenvalue weighted by molar-refractivity contribution is -0.119. The van der Waals surface area contributed by atoms with Crippen molar-refractivity contribution in [1.82, 2.24) is 15.5 Å². The molecule has 1 aromatic heterocycles. The molecule has 1 aliphatic rings. The number of hydrogen-bond donors (Lipinski definition) is 2. The molecule has 1 amide bonds. The van der Waals surface area contributed by atoms with Gasteiger partial charge in [0.15, 0.2) is 4.34 Å². The van der Waals surface area contributed by atoms with Crippen LogP contribution < -0.4 is 15.4 Å². The average molecular weight is 399 g/mol. The fraction of sp³-hybridized carbons (Fsp3) is 0.211. The van der Waals surface area contributed by atoms with E-state index >= 15 is 0 Å². The summed E-state index contributed by atoms with van der Waals surface area (Å²) in [6.45, 7) is 0.611. The molecule has 1 atom stereocenters. The molecule has 6 nitrogen and oxygen atoms in total. The predicted molar refractivity (Wildman–Crippen MR) is 108 cm³/mol. The van der Waals surface area contributed by atoms with Gasteiger partial charge in [0.05, 0.1) is 18.4 Å². The van der Waals surface area contributed by atoms with Gasteiger partial charge in [0.25, 0.3) is 0 Å². The molecule has 2 heterocycles. The second-order valence-corrected chi connectivity index (χ2v) is 8.15. The summed E-state index contributed by atoms with van der Waals surface area (Å²) in [7, 11) is 0. The van der Waals surface area contributed by atoms with Crippen molar-refractivity contribution < 1.29 is 9.53 Å². The zero-order chi connectivity index (χ0) is 18.5. The molecule has 1 unspecified atom stereocenters. The molecule has 3 aromatic rings. The van der Waals surface area contributed by atoms with Crippen LogP contribution in [0.15, 0.2) is 58.9 Å². The second-order valence-electron chi connectivity index (χ2n) is 5.95. The van der Waals surface area contributed by atoms with E-state index in [1.165, 1.54) is 23.1 Å². The Bertz CT molecular complexity index is 917. The van der Waals surface area contributed by atoms with Crippen molar-refractivity contribution in [1.29, 1.82) is 0 Å². The van der Waals surface area contributed by atoms with Crippen molar-refractivity contribution in [3.8, 4) is 5.75 Å². The third-order valence-electron chi connectivity index (χ3n) is 4.05. The molecular weight excluding hydrogens is 380 g/mol. The summed E-state index contributed by atoms with van der Waals surface area (Å²) < 4.78 is 6.40. The van der Waals surface area contributed by atoms with Gasteiger partial charge in [0, 0.05) is 17.7 Å². The number of rotatable bonds is 6. The summed E-state index contributed by atoms with van der Waals surface area (Å²) in [5.41, 5.74) is 1.99. The number of para-hydroxylation sites is 2. The van der Waals surface area contributed by atoms with Crippen LogP contribution in [0.25, 0.3) is 0 Å². The Morgan fingerprint density at radius 1 is 1.15 bits per heavy atom. The molecule has 2 aromatic carbocycles. The molecule has 2 N–H and O–H groups in total. The van der Waals surface area contributed by atoms with E-state index in [1.807, 2.05) is 54.6 Å². The maximum absolute atomic E-state index is 12.4. The Hall–Kier alpha value is -2.58. The minimum atomic E-state index is -0.0190. The third-order valence-corrected chi connectivity index (χ3v) is 6.02. The molecule has 1 aliphatic heterocycles. The topological polar surface area (TPSA) is 76.1 Å².